The van der Waals surface area contributed by atoms with Crippen molar-refractivity contribution in [3.05, 3.63) is 5.82 Å². The maximum atomic E-state index is 4.72. The Morgan fingerprint density at radius 3 is 3.06 bits per heavy atom. The first-order valence-electron chi connectivity index (χ1n) is 7.16. The fourth-order valence-electron chi connectivity index (χ4n) is 2.62. The standard InChI is InChI=1S/C13H22N4S/c1-2-14-8-10-4-3-7-17(9-10)13-15-12(16-18-13)11-5-6-11/h10-11,14H,2-9H2,1H3. The zero-order valence-electron chi connectivity index (χ0n) is 11.1. The van der Waals surface area contributed by atoms with Crippen LogP contribution in [0, 0.1) is 5.92 Å². The van der Waals surface area contributed by atoms with Crippen molar-refractivity contribution in [2.45, 2.75) is 38.5 Å². The highest BCUT2D eigenvalue weighted by molar-refractivity contribution is 7.09. The molecule has 4 nitrogen and oxygen atoms in total. The van der Waals surface area contributed by atoms with E-state index in [1.165, 1.54) is 25.7 Å². The molecule has 1 saturated carbocycles. The first kappa shape index (κ1) is 12.4. The van der Waals surface area contributed by atoms with Crippen LogP contribution in [0.1, 0.15) is 44.3 Å². The summed E-state index contributed by atoms with van der Waals surface area (Å²) in [5, 5.41) is 4.62. The SMILES string of the molecule is CCNCC1CCCN(c2nc(C3CC3)ns2)C1. The molecule has 1 unspecified atom stereocenters. The molecule has 1 aliphatic carbocycles. The molecule has 1 saturated heterocycles. The molecule has 2 heterocycles. The molecular weight excluding hydrogens is 244 g/mol. The van der Waals surface area contributed by atoms with Crippen LogP contribution in [0.15, 0.2) is 0 Å². The van der Waals surface area contributed by atoms with E-state index in [1.54, 1.807) is 11.5 Å². The lowest BCUT2D eigenvalue weighted by Crippen LogP contribution is -2.39. The maximum Gasteiger partial charge on any atom is 0.205 e. The average Bonchev–Trinajstić information content (AvgIpc) is 3.14. The molecule has 0 spiro atoms. The van der Waals surface area contributed by atoms with Crippen LogP contribution in [0.4, 0.5) is 5.13 Å². The quantitative estimate of drug-likeness (QED) is 0.887. The highest BCUT2D eigenvalue weighted by atomic mass is 32.1. The van der Waals surface area contributed by atoms with Gasteiger partial charge in [-0.25, -0.2) is 4.98 Å². The van der Waals surface area contributed by atoms with E-state index in [-0.39, 0.29) is 0 Å². The summed E-state index contributed by atoms with van der Waals surface area (Å²) in [7, 11) is 0. The highest BCUT2D eigenvalue weighted by Crippen LogP contribution is 2.40. The van der Waals surface area contributed by atoms with Gasteiger partial charge in [-0.05, 0) is 44.7 Å². The number of nitrogens with one attached hydrogen (secondary N) is 1. The molecule has 0 bridgehead atoms. The molecule has 0 radical (unpaired) electrons. The minimum absolute atomic E-state index is 0.678. The number of piperidine rings is 1. The summed E-state index contributed by atoms with van der Waals surface area (Å²) >= 11 is 1.59. The van der Waals surface area contributed by atoms with E-state index in [0.29, 0.717) is 5.92 Å². The van der Waals surface area contributed by atoms with Gasteiger partial charge in [-0.3, -0.25) is 0 Å². The molecule has 2 fully saturated rings. The predicted molar refractivity (Wildman–Crippen MR) is 75.4 cm³/mol. The van der Waals surface area contributed by atoms with Gasteiger partial charge < -0.3 is 10.2 Å². The van der Waals surface area contributed by atoms with Crippen LogP contribution in [0.25, 0.3) is 0 Å². The van der Waals surface area contributed by atoms with Gasteiger partial charge in [0.1, 0.15) is 5.82 Å². The summed E-state index contributed by atoms with van der Waals surface area (Å²) in [5.74, 6) is 2.55. The van der Waals surface area contributed by atoms with Crippen LogP contribution in [-0.4, -0.2) is 35.5 Å². The summed E-state index contributed by atoms with van der Waals surface area (Å²) in [6.45, 7) is 6.68. The van der Waals surface area contributed by atoms with Crippen molar-refractivity contribution in [3.8, 4) is 0 Å². The molecule has 1 aromatic heterocycles. The van der Waals surface area contributed by atoms with E-state index in [4.69, 9.17) is 4.98 Å². The molecule has 5 heteroatoms. The minimum atomic E-state index is 0.678. The molecule has 1 atom stereocenters. The topological polar surface area (TPSA) is 41.0 Å². The summed E-state index contributed by atoms with van der Waals surface area (Å²) in [6.07, 6.45) is 5.21. The third-order valence-electron chi connectivity index (χ3n) is 3.85. The zero-order chi connectivity index (χ0) is 12.4. The Bertz CT molecular complexity index is 388. The third-order valence-corrected chi connectivity index (χ3v) is 4.64. The Morgan fingerprint density at radius 1 is 1.39 bits per heavy atom. The highest BCUT2D eigenvalue weighted by Gasteiger charge is 2.29. The molecule has 1 aromatic rings. The smallest absolute Gasteiger partial charge is 0.205 e. The molecule has 3 rings (SSSR count). The summed E-state index contributed by atoms with van der Waals surface area (Å²) < 4.78 is 4.51. The lowest BCUT2D eigenvalue weighted by atomic mass is 9.98. The Balaban J connectivity index is 1.59. The van der Waals surface area contributed by atoms with Gasteiger partial charge in [0.05, 0.1) is 0 Å². The summed E-state index contributed by atoms with van der Waals surface area (Å²) in [4.78, 5) is 7.16. The Labute approximate surface area is 113 Å². The van der Waals surface area contributed by atoms with E-state index < -0.39 is 0 Å². The van der Waals surface area contributed by atoms with Crippen molar-refractivity contribution >= 4 is 16.7 Å². The number of aromatic nitrogens is 2. The fraction of sp³-hybridized carbons (Fsp3) is 0.846. The number of nitrogens with zero attached hydrogens (tertiary/aromatic N) is 3. The van der Waals surface area contributed by atoms with Gasteiger partial charge in [-0.15, -0.1) is 0 Å². The largest absolute Gasteiger partial charge is 0.347 e. The lowest BCUT2D eigenvalue weighted by Gasteiger charge is -2.32. The number of hydrogen-bond donors (Lipinski definition) is 1. The first-order chi connectivity index (χ1) is 8.86. The van der Waals surface area contributed by atoms with Gasteiger partial charge in [0.2, 0.25) is 5.13 Å². The van der Waals surface area contributed by atoms with Crippen molar-refractivity contribution in [1.29, 1.82) is 0 Å². The van der Waals surface area contributed by atoms with Gasteiger partial charge in [0, 0.05) is 30.5 Å². The van der Waals surface area contributed by atoms with E-state index in [0.717, 1.165) is 43.1 Å². The lowest BCUT2D eigenvalue weighted by molar-refractivity contribution is 0.395. The van der Waals surface area contributed by atoms with Crippen LogP contribution in [0.3, 0.4) is 0 Å². The van der Waals surface area contributed by atoms with Crippen LogP contribution in [0.5, 0.6) is 0 Å². The van der Waals surface area contributed by atoms with E-state index in [1.807, 2.05) is 0 Å². The van der Waals surface area contributed by atoms with E-state index >= 15 is 0 Å². The zero-order valence-corrected chi connectivity index (χ0v) is 11.9. The molecule has 18 heavy (non-hydrogen) atoms. The summed E-state index contributed by atoms with van der Waals surface area (Å²) in [5.41, 5.74) is 0. The van der Waals surface area contributed by atoms with Crippen molar-refractivity contribution < 1.29 is 0 Å². The van der Waals surface area contributed by atoms with Crippen molar-refractivity contribution in [1.82, 2.24) is 14.7 Å². The summed E-state index contributed by atoms with van der Waals surface area (Å²) in [6, 6.07) is 0. The molecule has 1 N–H and O–H groups in total. The molecule has 2 aliphatic rings. The Morgan fingerprint density at radius 2 is 2.28 bits per heavy atom. The van der Waals surface area contributed by atoms with Gasteiger partial charge in [0.15, 0.2) is 0 Å². The molecule has 1 aliphatic heterocycles. The second kappa shape index (κ2) is 5.53. The third kappa shape index (κ3) is 2.83. The van der Waals surface area contributed by atoms with Crippen LogP contribution in [0.2, 0.25) is 0 Å². The van der Waals surface area contributed by atoms with Crippen molar-refractivity contribution in [2.75, 3.05) is 31.1 Å². The average molecular weight is 266 g/mol. The van der Waals surface area contributed by atoms with Crippen LogP contribution in [-0.2, 0) is 0 Å². The molecule has 100 valence electrons. The normalized spacial score (nSPS) is 24.5. The Kier molecular flexibility index (Phi) is 3.80. The molecular formula is C13H22N4S. The maximum absolute atomic E-state index is 4.72. The monoisotopic (exact) mass is 266 g/mol. The van der Waals surface area contributed by atoms with Gasteiger partial charge in [0.25, 0.3) is 0 Å². The predicted octanol–water partition coefficient (Wildman–Crippen LogP) is 2.24. The first-order valence-corrected chi connectivity index (χ1v) is 7.93. The number of hydrogen-bond acceptors (Lipinski definition) is 5. The second-order valence-corrected chi connectivity index (χ2v) is 6.20. The van der Waals surface area contributed by atoms with Crippen molar-refractivity contribution in [2.24, 2.45) is 5.92 Å². The Hall–Kier alpha value is -0.680. The van der Waals surface area contributed by atoms with Gasteiger partial charge in [-0.1, -0.05) is 6.92 Å². The van der Waals surface area contributed by atoms with E-state index in [2.05, 4.69) is 21.5 Å². The minimum Gasteiger partial charge on any atom is -0.347 e. The fourth-order valence-corrected chi connectivity index (χ4v) is 3.40. The number of anilines is 1. The molecule has 0 amide bonds. The van der Waals surface area contributed by atoms with E-state index in [9.17, 15) is 0 Å². The molecule has 0 aromatic carbocycles. The van der Waals surface area contributed by atoms with Gasteiger partial charge in [-0.2, -0.15) is 4.37 Å². The second-order valence-electron chi connectivity index (χ2n) is 5.47. The van der Waals surface area contributed by atoms with Crippen LogP contribution < -0.4 is 10.2 Å². The number of rotatable bonds is 5. The van der Waals surface area contributed by atoms with Crippen LogP contribution >= 0.6 is 11.5 Å². The van der Waals surface area contributed by atoms with Crippen molar-refractivity contribution in [3.63, 3.8) is 0 Å². The van der Waals surface area contributed by atoms with Gasteiger partial charge >= 0.3 is 0 Å².